The van der Waals surface area contributed by atoms with E-state index < -0.39 is 16.9 Å². The first-order valence-electron chi connectivity index (χ1n) is 4.61. The number of carbonyl (C=O) groups is 1. The van der Waals surface area contributed by atoms with Gasteiger partial charge in [0.05, 0.1) is 0 Å². The van der Waals surface area contributed by atoms with Gasteiger partial charge in [0.15, 0.2) is 5.05 Å². The predicted molar refractivity (Wildman–Crippen MR) is 61.1 cm³/mol. The molecule has 15 heavy (non-hydrogen) atoms. The maximum absolute atomic E-state index is 10.7. The van der Waals surface area contributed by atoms with E-state index in [4.69, 9.17) is 10.2 Å². The van der Waals surface area contributed by atoms with E-state index in [1.165, 1.54) is 0 Å². The average molecular weight is 224 g/mol. The number of hydrogen-bond donors (Lipinski definition) is 2. The fourth-order valence-electron chi connectivity index (χ4n) is 1.31. The molecule has 0 bridgehead atoms. The molecule has 80 valence electrons. The van der Waals surface area contributed by atoms with E-state index in [-0.39, 0.29) is 0 Å². The molecule has 3 nitrogen and oxygen atoms in total. The van der Waals surface area contributed by atoms with Gasteiger partial charge >= 0.3 is 5.97 Å². The van der Waals surface area contributed by atoms with Gasteiger partial charge in [-0.2, -0.15) is 0 Å². The fourth-order valence-corrected chi connectivity index (χ4v) is 1.53. The molecule has 0 aliphatic rings. The number of rotatable bonds is 5. The first-order chi connectivity index (χ1) is 7.11. The SMILES string of the molecule is O=C(O)C(CCc1ccccc1)C(O)=S. The van der Waals surface area contributed by atoms with Crippen molar-refractivity contribution in [1.29, 1.82) is 0 Å². The lowest BCUT2D eigenvalue weighted by molar-refractivity contribution is -0.139. The lowest BCUT2D eigenvalue weighted by atomic mass is 10.0. The van der Waals surface area contributed by atoms with Crippen LogP contribution in [0.5, 0.6) is 0 Å². The predicted octanol–water partition coefficient (Wildman–Crippen LogP) is 2.21. The topological polar surface area (TPSA) is 57.5 Å². The van der Waals surface area contributed by atoms with Crippen molar-refractivity contribution in [2.75, 3.05) is 0 Å². The summed E-state index contributed by atoms with van der Waals surface area (Å²) < 4.78 is 0. The molecule has 1 unspecified atom stereocenters. The quantitative estimate of drug-likeness (QED) is 0.753. The third-order valence-electron chi connectivity index (χ3n) is 2.16. The average Bonchev–Trinajstić information content (AvgIpc) is 2.18. The van der Waals surface area contributed by atoms with E-state index in [0.29, 0.717) is 12.8 Å². The molecule has 0 saturated carbocycles. The van der Waals surface area contributed by atoms with Gasteiger partial charge in [0.1, 0.15) is 5.92 Å². The molecule has 0 aromatic heterocycles. The number of aryl methyl sites for hydroxylation is 1. The summed E-state index contributed by atoms with van der Waals surface area (Å²) in [5, 5.41) is 17.3. The van der Waals surface area contributed by atoms with Crippen molar-refractivity contribution in [3.05, 3.63) is 35.9 Å². The molecule has 2 N–H and O–H groups in total. The van der Waals surface area contributed by atoms with Gasteiger partial charge in [0.2, 0.25) is 0 Å². The fraction of sp³-hybridized carbons (Fsp3) is 0.273. The molecule has 1 atom stereocenters. The largest absolute Gasteiger partial charge is 0.501 e. The van der Waals surface area contributed by atoms with Crippen LogP contribution in [0.4, 0.5) is 0 Å². The molecule has 1 aromatic rings. The van der Waals surface area contributed by atoms with Crippen LogP contribution >= 0.6 is 12.2 Å². The molecule has 0 heterocycles. The molecule has 4 heteroatoms. The Morgan fingerprint density at radius 2 is 1.87 bits per heavy atom. The monoisotopic (exact) mass is 224 g/mol. The Morgan fingerprint density at radius 1 is 1.27 bits per heavy atom. The second-order valence-electron chi connectivity index (χ2n) is 3.25. The number of carboxylic acids is 1. The van der Waals surface area contributed by atoms with Crippen LogP contribution in [0.15, 0.2) is 30.3 Å². The van der Waals surface area contributed by atoms with Gasteiger partial charge in [-0.05, 0) is 30.6 Å². The Morgan fingerprint density at radius 3 is 2.33 bits per heavy atom. The summed E-state index contributed by atoms with van der Waals surface area (Å²) in [5.41, 5.74) is 1.04. The minimum absolute atomic E-state index is 0.328. The number of carboxylic acid groups (broad SMARTS) is 1. The van der Waals surface area contributed by atoms with E-state index in [9.17, 15) is 4.79 Å². The highest BCUT2D eigenvalue weighted by Crippen LogP contribution is 2.11. The summed E-state index contributed by atoms with van der Waals surface area (Å²) in [6.45, 7) is 0. The molecular formula is C11H12O3S. The smallest absolute Gasteiger partial charge is 0.315 e. The zero-order chi connectivity index (χ0) is 11.3. The highest BCUT2D eigenvalue weighted by Gasteiger charge is 2.21. The molecule has 0 saturated heterocycles. The summed E-state index contributed by atoms with van der Waals surface area (Å²) >= 11 is 4.48. The van der Waals surface area contributed by atoms with Crippen LogP contribution in [-0.2, 0) is 11.2 Å². The van der Waals surface area contributed by atoms with E-state index in [0.717, 1.165) is 5.56 Å². The molecule has 0 fully saturated rings. The third kappa shape index (κ3) is 3.67. The minimum Gasteiger partial charge on any atom is -0.501 e. The van der Waals surface area contributed by atoms with E-state index in [1.54, 1.807) is 0 Å². The third-order valence-corrected chi connectivity index (χ3v) is 2.45. The Bertz CT molecular complexity index is 334. The van der Waals surface area contributed by atoms with Crippen LogP contribution in [-0.4, -0.2) is 21.2 Å². The lowest BCUT2D eigenvalue weighted by Crippen LogP contribution is -2.22. The van der Waals surface area contributed by atoms with E-state index in [2.05, 4.69) is 12.2 Å². The number of benzene rings is 1. The number of hydrogen-bond acceptors (Lipinski definition) is 2. The number of aliphatic hydroxyl groups excluding tert-OH is 1. The summed E-state index contributed by atoms with van der Waals surface area (Å²) in [5.74, 6) is -2.02. The van der Waals surface area contributed by atoms with Crippen LogP contribution in [0.3, 0.4) is 0 Å². The summed E-state index contributed by atoms with van der Waals surface area (Å²) in [4.78, 5) is 10.7. The zero-order valence-electron chi connectivity index (χ0n) is 8.09. The van der Waals surface area contributed by atoms with Gasteiger partial charge in [-0.3, -0.25) is 4.79 Å². The van der Waals surface area contributed by atoms with E-state index >= 15 is 0 Å². The van der Waals surface area contributed by atoms with Crippen molar-refractivity contribution < 1.29 is 15.0 Å². The maximum atomic E-state index is 10.7. The lowest BCUT2D eigenvalue weighted by Gasteiger charge is -2.08. The first kappa shape index (κ1) is 11.7. The van der Waals surface area contributed by atoms with Crippen molar-refractivity contribution in [1.82, 2.24) is 0 Å². The first-order valence-corrected chi connectivity index (χ1v) is 5.01. The van der Waals surface area contributed by atoms with Gasteiger partial charge in [-0.1, -0.05) is 30.3 Å². The van der Waals surface area contributed by atoms with Crippen molar-refractivity contribution in [2.24, 2.45) is 5.92 Å². The van der Waals surface area contributed by atoms with Crippen LogP contribution in [0, 0.1) is 5.92 Å². The Balaban J connectivity index is 2.55. The van der Waals surface area contributed by atoms with Gasteiger partial charge in [0.25, 0.3) is 0 Å². The van der Waals surface area contributed by atoms with Crippen molar-refractivity contribution >= 4 is 23.2 Å². The van der Waals surface area contributed by atoms with Gasteiger partial charge in [0, 0.05) is 0 Å². The van der Waals surface area contributed by atoms with Crippen LogP contribution in [0.1, 0.15) is 12.0 Å². The second kappa shape index (κ2) is 5.46. The van der Waals surface area contributed by atoms with Gasteiger partial charge in [-0.15, -0.1) is 0 Å². The molecule has 0 radical (unpaired) electrons. The molecule has 0 aliphatic heterocycles. The second-order valence-corrected chi connectivity index (χ2v) is 3.67. The molecule has 0 aliphatic carbocycles. The highest BCUT2D eigenvalue weighted by molar-refractivity contribution is 7.80. The number of aliphatic hydroxyl groups is 1. The van der Waals surface area contributed by atoms with Crippen molar-refractivity contribution in [3.8, 4) is 0 Å². The summed E-state index contributed by atoms with van der Waals surface area (Å²) in [6.07, 6.45) is 0.924. The van der Waals surface area contributed by atoms with Gasteiger partial charge in [-0.25, -0.2) is 0 Å². The molecule has 1 aromatic carbocycles. The maximum Gasteiger partial charge on any atom is 0.315 e. The zero-order valence-corrected chi connectivity index (χ0v) is 8.91. The Hall–Kier alpha value is -1.42. The molecule has 1 rings (SSSR count). The number of thiocarbonyl (C=S) groups is 1. The van der Waals surface area contributed by atoms with Crippen molar-refractivity contribution in [3.63, 3.8) is 0 Å². The van der Waals surface area contributed by atoms with Crippen LogP contribution in [0.2, 0.25) is 0 Å². The highest BCUT2D eigenvalue weighted by atomic mass is 32.1. The van der Waals surface area contributed by atoms with E-state index in [1.807, 2.05) is 30.3 Å². The van der Waals surface area contributed by atoms with Gasteiger partial charge < -0.3 is 10.2 Å². The Kier molecular flexibility index (Phi) is 4.24. The summed E-state index contributed by atoms with van der Waals surface area (Å²) in [7, 11) is 0. The standard InChI is InChI=1S/C11H12O3S/c12-10(13)9(11(14)15)7-6-8-4-2-1-3-5-8/h1-5,9H,6-7H2,(H,12,13)(H,14,15). The van der Waals surface area contributed by atoms with Crippen molar-refractivity contribution in [2.45, 2.75) is 12.8 Å². The normalized spacial score (nSPS) is 12.0. The molecule has 0 amide bonds. The molecular weight excluding hydrogens is 212 g/mol. The molecule has 0 spiro atoms. The summed E-state index contributed by atoms with van der Waals surface area (Å²) in [6, 6.07) is 9.51. The Labute approximate surface area is 93.4 Å². The van der Waals surface area contributed by atoms with Crippen LogP contribution in [0.25, 0.3) is 0 Å². The van der Waals surface area contributed by atoms with Crippen LogP contribution < -0.4 is 0 Å². The number of aliphatic carboxylic acids is 1. The minimum atomic E-state index is -1.07.